The van der Waals surface area contributed by atoms with E-state index in [9.17, 15) is 4.79 Å². The molecular weight excluding hydrogens is 362 g/mol. The van der Waals surface area contributed by atoms with Crippen molar-refractivity contribution in [3.63, 3.8) is 0 Å². The topological polar surface area (TPSA) is 96.7 Å². The highest BCUT2D eigenvalue weighted by Gasteiger charge is 2.24. The monoisotopic (exact) mass is 387 g/mol. The van der Waals surface area contributed by atoms with E-state index in [1.807, 2.05) is 24.3 Å². The van der Waals surface area contributed by atoms with Gasteiger partial charge in [0, 0.05) is 23.4 Å². The second-order valence-corrected chi connectivity index (χ2v) is 8.68. The lowest BCUT2D eigenvalue weighted by Gasteiger charge is -2.09. The maximum Gasteiger partial charge on any atom is 0.225 e. The van der Waals surface area contributed by atoms with Crippen LogP contribution in [-0.4, -0.2) is 21.1 Å². The molecule has 0 atom stereocenters. The highest BCUT2D eigenvalue weighted by Crippen LogP contribution is 2.33. The lowest BCUT2D eigenvalue weighted by Crippen LogP contribution is -2.12. The second-order valence-electron chi connectivity index (χ2n) is 8.68. The van der Waals surface area contributed by atoms with Crippen molar-refractivity contribution in [2.24, 2.45) is 11.3 Å². The van der Waals surface area contributed by atoms with Crippen molar-refractivity contribution in [3.8, 4) is 23.0 Å². The molecule has 29 heavy (non-hydrogen) atoms. The molecule has 0 aliphatic heterocycles. The Morgan fingerprint density at radius 1 is 1.28 bits per heavy atom. The van der Waals surface area contributed by atoms with Crippen LogP contribution in [-0.2, 0) is 4.79 Å². The summed E-state index contributed by atoms with van der Waals surface area (Å²) in [6, 6.07) is 7.80. The molecule has 0 radical (unpaired) electrons. The number of anilines is 2. The first-order chi connectivity index (χ1) is 13.8. The summed E-state index contributed by atoms with van der Waals surface area (Å²) in [5, 5.41) is 10.9. The van der Waals surface area contributed by atoms with Gasteiger partial charge in [-0.2, -0.15) is 5.10 Å². The Kier molecular flexibility index (Phi) is 4.75. The molecule has 6 nitrogen and oxygen atoms in total. The fourth-order valence-electron chi connectivity index (χ4n) is 3.12. The van der Waals surface area contributed by atoms with E-state index in [4.69, 9.17) is 5.73 Å². The highest BCUT2D eigenvalue weighted by atomic mass is 16.1. The summed E-state index contributed by atoms with van der Waals surface area (Å²) < 4.78 is 0. The molecule has 3 aromatic rings. The van der Waals surface area contributed by atoms with Crippen LogP contribution in [0.4, 0.5) is 11.6 Å². The molecule has 6 heteroatoms. The second kappa shape index (κ2) is 7.25. The van der Waals surface area contributed by atoms with Crippen LogP contribution in [0.25, 0.3) is 22.0 Å². The number of H-pyrrole nitrogens is 1. The van der Waals surface area contributed by atoms with E-state index in [1.165, 1.54) is 0 Å². The van der Waals surface area contributed by atoms with E-state index in [0.717, 1.165) is 40.4 Å². The van der Waals surface area contributed by atoms with Gasteiger partial charge in [-0.3, -0.25) is 9.89 Å². The summed E-state index contributed by atoms with van der Waals surface area (Å²) in [5.74, 6) is 8.08. The average molecular weight is 387 g/mol. The van der Waals surface area contributed by atoms with Crippen LogP contribution >= 0.6 is 0 Å². The van der Waals surface area contributed by atoms with Gasteiger partial charge in [-0.1, -0.05) is 11.8 Å². The molecule has 1 aromatic carbocycles. The van der Waals surface area contributed by atoms with Crippen molar-refractivity contribution >= 4 is 28.4 Å². The lowest BCUT2D eigenvalue weighted by molar-refractivity contribution is -0.116. The zero-order valence-corrected chi connectivity index (χ0v) is 17.0. The molecular formula is C23H25N5O. The zero-order chi connectivity index (χ0) is 20.6. The van der Waals surface area contributed by atoms with Crippen molar-refractivity contribution in [1.82, 2.24) is 15.2 Å². The number of rotatable bonds is 4. The predicted octanol–water partition coefficient (Wildman–Crippen LogP) is 4.34. The maximum absolute atomic E-state index is 12.1. The number of aromatic nitrogens is 3. The Labute approximate surface area is 170 Å². The molecule has 0 saturated heterocycles. The number of carbonyl (C=O) groups is 1. The standard InChI is InChI=1S/C23H25N5O/c1-23(2,3)8-6-16-11-17(12-18-21(16)27-28-22(18)24)15-7-9-25-19(13-15)26-20(29)10-14-4-5-14/h7,9,11-14H,4-5,10H2,1-3H3,(H3,24,27,28)(H,25,26,29). The van der Waals surface area contributed by atoms with Gasteiger partial charge in [-0.25, -0.2) is 4.98 Å². The van der Waals surface area contributed by atoms with E-state index in [2.05, 4.69) is 53.1 Å². The number of amides is 1. The maximum atomic E-state index is 12.1. The first-order valence-electron chi connectivity index (χ1n) is 9.85. The van der Waals surface area contributed by atoms with Crippen LogP contribution in [0.3, 0.4) is 0 Å². The molecule has 0 unspecified atom stereocenters. The van der Waals surface area contributed by atoms with Gasteiger partial charge in [0.15, 0.2) is 5.82 Å². The summed E-state index contributed by atoms with van der Waals surface area (Å²) >= 11 is 0. The summed E-state index contributed by atoms with van der Waals surface area (Å²) in [6.45, 7) is 6.21. The third-order valence-electron chi connectivity index (χ3n) is 4.81. The van der Waals surface area contributed by atoms with Gasteiger partial charge in [0.1, 0.15) is 5.82 Å². The number of pyridine rings is 1. The number of nitrogens with zero attached hydrogens (tertiary/aromatic N) is 2. The smallest absolute Gasteiger partial charge is 0.225 e. The Morgan fingerprint density at radius 2 is 2.07 bits per heavy atom. The van der Waals surface area contributed by atoms with Gasteiger partial charge >= 0.3 is 0 Å². The predicted molar refractivity (Wildman–Crippen MR) is 116 cm³/mol. The van der Waals surface area contributed by atoms with E-state index >= 15 is 0 Å². The van der Waals surface area contributed by atoms with Gasteiger partial charge in [0.2, 0.25) is 5.91 Å². The molecule has 4 N–H and O–H groups in total. The number of nitrogen functional groups attached to an aromatic ring is 1. The molecule has 1 amide bonds. The van der Waals surface area contributed by atoms with E-state index in [1.54, 1.807) is 6.20 Å². The summed E-state index contributed by atoms with van der Waals surface area (Å²) in [4.78, 5) is 16.4. The number of hydrogen-bond acceptors (Lipinski definition) is 4. The van der Waals surface area contributed by atoms with E-state index < -0.39 is 0 Å². The molecule has 2 aromatic heterocycles. The van der Waals surface area contributed by atoms with Gasteiger partial charge in [0.25, 0.3) is 0 Å². The van der Waals surface area contributed by atoms with E-state index in [0.29, 0.717) is 24.0 Å². The number of hydrogen-bond donors (Lipinski definition) is 3. The van der Waals surface area contributed by atoms with Crippen LogP contribution in [0, 0.1) is 23.2 Å². The molecule has 0 spiro atoms. The number of benzene rings is 1. The molecule has 1 aliphatic rings. The largest absolute Gasteiger partial charge is 0.382 e. The van der Waals surface area contributed by atoms with Gasteiger partial charge in [-0.05, 0) is 74.9 Å². The van der Waals surface area contributed by atoms with Crippen molar-refractivity contribution in [2.45, 2.75) is 40.0 Å². The van der Waals surface area contributed by atoms with Crippen LogP contribution in [0.15, 0.2) is 30.5 Å². The minimum Gasteiger partial charge on any atom is -0.382 e. The zero-order valence-electron chi connectivity index (χ0n) is 17.0. The van der Waals surface area contributed by atoms with Crippen LogP contribution in [0.2, 0.25) is 0 Å². The third kappa shape index (κ3) is 4.57. The summed E-state index contributed by atoms with van der Waals surface area (Å²) in [5.41, 5.74) is 9.49. The number of nitrogens with one attached hydrogen (secondary N) is 2. The number of nitrogens with two attached hydrogens (primary N) is 1. The lowest BCUT2D eigenvalue weighted by atomic mass is 9.96. The van der Waals surface area contributed by atoms with Crippen LogP contribution in [0.5, 0.6) is 0 Å². The van der Waals surface area contributed by atoms with Crippen LogP contribution < -0.4 is 11.1 Å². The fraction of sp³-hybridized carbons (Fsp3) is 0.348. The molecule has 4 rings (SSSR count). The Balaban J connectivity index is 1.71. The van der Waals surface area contributed by atoms with Crippen molar-refractivity contribution < 1.29 is 4.79 Å². The first kappa shape index (κ1) is 19.0. The minimum absolute atomic E-state index is 0.0171. The summed E-state index contributed by atoms with van der Waals surface area (Å²) in [7, 11) is 0. The average Bonchev–Trinajstić information content (AvgIpc) is 3.39. The fourth-order valence-corrected chi connectivity index (χ4v) is 3.12. The molecule has 1 aliphatic carbocycles. The van der Waals surface area contributed by atoms with Crippen LogP contribution in [0.1, 0.15) is 45.6 Å². The number of fused-ring (bicyclic) bond motifs is 1. The van der Waals surface area contributed by atoms with Gasteiger partial charge in [-0.15, -0.1) is 0 Å². The first-order valence-corrected chi connectivity index (χ1v) is 9.85. The summed E-state index contributed by atoms with van der Waals surface area (Å²) in [6.07, 6.45) is 4.55. The highest BCUT2D eigenvalue weighted by molar-refractivity contribution is 5.96. The number of aromatic amines is 1. The Hall–Kier alpha value is -3.33. The van der Waals surface area contributed by atoms with Crippen molar-refractivity contribution in [2.75, 3.05) is 11.1 Å². The minimum atomic E-state index is -0.121. The molecule has 0 bridgehead atoms. The van der Waals surface area contributed by atoms with E-state index in [-0.39, 0.29) is 11.3 Å². The van der Waals surface area contributed by atoms with Crippen molar-refractivity contribution in [1.29, 1.82) is 0 Å². The number of carbonyl (C=O) groups excluding carboxylic acids is 1. The Morgan fingerprint density at radius 3 is 2.79 bits per heavy atom. The Bertz CT molecular complexity index is 1140. The van der Waals surface area contributed by atoms with Gasteiger partial charge in [0.05, 0.1) is 11.1 Å². The molecule has 1 saturated carbocycles. The molecule has 148 valence electrons. The normalized spacial score (nSPS) is 13.8. The molecule has 2 heterocycles. The SMILES string of the molecule is CC(C)(C)C#Cc1cc(-c2ccnc(NC(=O)CC3CC3)c2)cc2c(N)n[nH]c12. The third-order valence-corrected chi connectivity index (χ3v) is 4.81. The quantitative estimate of drug-likeness (QED) is 0.580. The van der Waals surface area contributed by atoms with Gasteiger partial charge < -0.3 is 11.1 Å². The van der Waals surface area contributed by atoms with Crippen molar-refractivity contribution in [3.05, 3.63) is 36.0 Å². The molecule has 1 fully saturated rings.